The van der Waals surface area contributed by atoms with Crippen LogP contribution < -0.4 is 10.6 Å². The molecule has 0 spiro atoms. The van der Waals surface area contributed by atoms with Crippen LogP contribution in [0, 0.1) is 0 Å². The van der Waals surface area contributed by atoms with Gasteiger partial charge in [-0.15, -0.1) is 0 Å². The minimum atomic E-state index is -0.300. The fourth-order valence-corrected chi connectivity index (χ4v) is 2.73. The van der Waals surface area contributed by atoms with Crippen LogP contribution in [0.25, 0.3) is 0 Å². The third kappa shape index (κ3) is 4.42. The Morgan fingerprint density at radius 3 is 1.92 bits per heavy atom. The highest BCUT2D eigenvalue weighted by molar-refractivity contribution is 6.34. The van der Waals surface area contributed by atoms with Crippen molar-refractivity contribution in [3.05, 3.63) is 94.0 Å². The van der Waals surface area contributed by atoms with Crippen molar-refractivity contribution in [2.45, 2.75) is 0 Å². The van der Waals surface area contributed by atoms with Gasteiger partial charge in [-0.2, -0.15) is 0 Å². The average molecular weight is 385 g/mol. The Balaban J connectivity index is 1.66. The minimum Gasteiger partial charge on any atom is -0.322 e. The number of carbonyl (C=O) groups is 2. The lowest BCUT2D eigenvalue weighted by Gasteiger charge is -2.09. The number of halogens is 2. The van der Waals surface area contributed by atoms with Crippen molar-refractivity contribution < 1.29 is 9.59 Å². The van der Waals surface area contributed by atoms with Gasteiger partial charge in [-0.3, -0.25) is 9.59 Å². The number of amides is 2. The molecule has 0 aromatic heterocycles. The maximum absolute atomic E-state index is 12.2. The van der Waals surface area contributed by atoms with E-state index in [1.165, 1.54) is 0 Å². The van der Waals surface area contributed by atoms with Gasteiger partial charge in [0.05, 0.1) is 10.6 Å². The first-order chi connectivity index (χ1) is 12.5. The van der Waals surface area contributed by atoms with Crippen LogP contribution in [0.1, 0.15) is 20.7 Å². The second-order valence-electron chi connectivity index (χ2n) is 5.48. The van der Waals surface area contributed by atoms with E-state index in [1.807, 2.05) is 0 Å². The number of rotatable bonds is 4. The van der Waals surface area contributed by atoms with Crippen molar-refractivity contribution in [3.8, 4) is 0 Å². The fraction of sp³-hybridized carbons (Fsp3) is 0. The molecule has 0 aliphatic carbocycles. The van der Waals surface area contributed by atoms with Crippen molar-refractivity contribution in [1.29, 1.82) is 0 Å². The molecule has 3 rings (SSSR count). The van der Waals surface area contributed by atoms with Gasteiger partial charge in [-0.1, -0.05) is 41.4 Å². The van der Waals surface area contributed by atoms with Crippen LogP contribution in [0.4, 0.5) is 11.4 Å². The summed E-state index contributed by atoms with van der Waals surface area (Å²) in [5.74, 6) is -0.563. The van der Waals surface area contributed by atoms with Gasteiger partial charge in [0.2, 0.25) is 0 Å². The predicted octanol–water partition coefficient (Wildman–Crippen LogP) is 5.50. The molecule has 2 amide bonds. The quantitative estimate of drug-likeness (QED) is 0.623. The van der Waals surface area contributed by atoms with Crippen molar-refractivity contribution in [3.63, 3.8) is 0 Å². The van der Waals surface area contributed by atoms with Crippen molar-refractivity contribution >= 4 is 46.4 Å². The Kier molecular flexibility index (Phi) is 5.56. The lowest BCUT2D eigenvalue weighted by Crippen LogP contribution is -2.13. The summed E-state index contributed by atoms with van der Waals surface area (Å²) in [4.78, 5) is 24.4. The Morgan fingerprint density at radius 2 is 1.31 bits per heavy atom. The molecular weight excluding hydrogens is 371 g/mol. The molecule has 0 aliphatic rings. The van der Waals surface area contributed by atoms with E-state index in [-0.39, 0.29) is 11.8 Å². The first kappa shape index (κ1) is 18.0. The first-order valence-electron chi connectivity index (χ1n) is 7.76. The summed E-state index contributed by atoms with van der Waals surface area (Å²) in [5.41, 5.74) is 2.06. The van der Waals surface area contributed by atoms with Gasteiger partial charge in [0.1, 0.15) is 0 Å². The average Bonchev–Trinajstić information content (AvgIpc) is 2.63. The molecule has 0 fully saturated rings. The Morgan fingerprint density at radius 1 is 0.692 bits per heavy atom. The highest BCUT2D eigenvalue weighted by Crippen LogP contribution is 2.19. The highest BCUT2D eigenvalue weighted by Gasteiger charge is 2.10. The van der Waals surface area contributed by atoms with E-state index in [0.717, 1.165) is 0 Å². The number of anilines is 2. The molecule has 26 heavy (non-hydrogen) atoms. The molecule has 3 aromatic rings. The molecule has 4 nitrogen and oxygen atoms in total. The smallest absolute Gasteiger partial charge is 0.257 e. The van der Waals surface area contributed by atoms with Gasteiger partial charge in [-0.05, 0) is 54.6 Å². The molecule has 0 heterocycles. The third-order valence-corrected chi connectivity index (χ3v) is 4.17. The van der Waals surface area contributed by atoms with Gasteiger partial charge in [-0.25, -0.2) is 0 Å². The Labute approximate surface area is 160 Å². The van der Waals surface area contributed by atoms with Gasteiger partial charge in [0, 0.05) is 22.0 Å². The third-order valence-electron chi connectivity index (χ3n) is 3.61. The summed E-state index contributed by atoms with van der Waals surface area (Å²) in [5, 5.41) is 6.42. The molecule has 130 valence electrons. The Bertz CT molecular complexity index is 956. The van der Waals surface area contributed by atoms with E-state index in [1.54, 1.807) is 72.8 Å². The zero-order valence-electron chi connectivity index (χ0n) is 13.5. The van der Waals surface area contributed by atoms with Gasteiger partial charge >= 0.3 is 0 Å². The summed E-state index contributed by atoms with van der Waals surface area (Å²) >= 11 is 11.9. The van der Waals surface area contributed by atoms with Crippen molar-refractivity contribution in [2.24, 2.45) is 0 Å². The highest BCUT2D eigenvalue weighted by atomic mass is 35.5. The zero-order chi connectivity index (χ0) is 18.5. The van der Waals surface area contributed by atoms with Crippen LogP contribution in [0.15, 0.2) is 72.8 Å². The summed E-state index contributed by atoms with van der Waals surface area (Å²) in [7, 11) is 0. The van der Waals surface area contributed by atoms with E-state index in [2.05, 4.69) is 10.6 Å². The summed E-state index contributed by atoms with van der Waals surface area (Å²) in [6, 6.07) is 20.3. The molecule has 0 atom stereocenters. The van der Waals surface area contributed by atoms with Gasteiger partial charge < -0.3 is 10.6 Å². The van der Waals surface area contributed by atoms with E-state index in [4.69, 9.17) is 23.2 Å². The fourth-order valence-electron chi connectivity index (χ4n) is 2.31. The van der Waals surface area contributed by atoms with Crippen molar-refractivity contribution in [2.75, 3.05) is 10.6 Å². The van der Waals surface area contributed by atoms with E-state index in [9.17, 15) is 9.59 Å². The number of hydrogen-bond acceptors (Lipinski definition) is 2. The summed E-state index contributed by atoms with van der Waals surface area (Å²) in [6.45, 7) is 0. The van der Waals surface area contributed by atoms with Crippen LogP contribution in [-0.2, 0) is 0 Å². The second-order valence-corrected chi connectivity index (χ2v) is 6.32. The molecule has 6 heteroatoms. The zero-order valence-corrected chi connectivity index (χ0v) is 15.0. The van der Waals surface area contributed by atoms with Crippen LogP contribution in [-0.4, -0.2) is 11.8 Å². The monoisotopic (exact) mass is 384 g/mol. The molecule has 0 unspecified atom stereocenters. The minimum absolute atomic E-state index is 0.264. The molecule has 0 saturated heterocycles. The summed E-state index contributed by atoms with van der Waals surface area (Å²) < 4.78 is 0. The maximum atomic E-state index is 12.2. The molecule has 0 bridgehead atoms. The lowest BCUT2D eigenvalue weighted by atomic mass is 10.2. The standard InChI is InChI=1S/C20H14Cl2N2O2/c21-14-5-3-4-13(12-14)19(25)23-15-8-10-16(11-9-15)24-20(26)17-6-1-2-7-18(17)22/h1-12H,(H,23,25)(H,24,26). The van der Waals surface area contributed by atoms with E-state index < -0.39 is 0 Å². The molecule has 3 aromatic carbocycles. The second kappa shape index (κ2) is 8.04. The lowest BCUT2D eigenvalue weighted by molar-refractivity contribution is 0.101. The van der Waals surface area contributed by atoms with Crippen LogP contribution in [0.2, 0.25) is 10.0 Å². The maximum Gasteiger partial charge on any atom is 0.257 e. The Hall–Kier alpha value is -2.82. The summed E-state index contributed by atoms with van der Waals surface area (Å²) in [6.07, 6.45) is 0. The molecular formula is C20H14Cl2N2O2. The van der Waals surface area contributed by atoms with Gasteiger partial charge in [0.15, 0.2) is 0 Å². The van der Waals surface area contributed by atoms with Crippen LogP contribution in [0.5, 0.6) is 0 Å². The van der Waals surface area contributed by atoms with E-state index >= 15 is 0 Å². The first-order valence-corrected chi connectivity index (χ1v) is 8.51. The van der Waals surface area contributed by atoms with Crippen molar-refractivity contribution in [1.82, 2.24) is 0 Å². The molecule has 0 aliphatic heterocycles. The molecule has 0 radical (unpaired) electrons. The number of carbonyl (C=O) groups excluding carboxylic acids is 2. The predicted molar refractivity (Wildman–Crippen MR) is 105 cm³/mol. The molecule has 0 saturated carbocycles. The number of hydrogen-bond donors (Lipinski definition) is 2. The SMILES string of the molecule is O=C(Nc1ccc(NC(=O)c2ccccc2Cl)cc1)c1cccc(Cl)c1. The molecule has 2 N–H and O–H groups in total. The van der Waals surface area contributed by atoms with Crippen LogP contribution >= 0.6 is 23.2 Å². The number of benzene rings is 3. The van der Waals surface area contributed by atoms with Gasteiger partial charge in [0.25, 0.3) is 11.8 Å². The topological polar surface area (TPSA) is 58.2 Å². The van der Waals surface area contributed by atoms with Crippen LogP contribution in [0.3, 0.4) is 0 Å². The normalized spacial score (nSPS) is 10.2. The number of nitrogens with one attached hydrogen (secondary N) is 2. The van der Waals surface area contributed by atoms with E-state index in [0.29, 0.717) is 32.5 Å². The largest absolute Gasteiger partial charge is 0.322 e.